The van der Waals surface area contributed by atoms with E-state index >= 15 is 0 Å². The molecule has 0 N–H and O–H groups in total. The number of benzene rings is 8. The minimum absolute atomic E-state index is 0.283. The minimum atomic E-state index is 0.283. The van der Waals surface area contributed by atoms with Crippen molar-refractivity contribution in [3.63, 3.8) is 0 Å². The number of anilines is 5. The molecule has 0 bridgehead atoms. The van der Waals surface area contributed by atoms with Crippen LogP contribution in [-0.4, -0.2) is 6.04 Å². The molecule has 52 heavy (non-hydrogen) atoms. The molecular formula is C50H38N2. The highest BCUT2D eigenvalue weighted by molar-refractivity contribution is 5.95. The minimum Gasteiger partial charge on any atom is -0.334 e. The Morgan fingerprint density at radius 1 is 0.346 bits per heavy atom. The van der Waals surface area contributed by atoms with Gasteiger partial charge in [-0.05, 0) is 123 Å². The molecule has 0 spiro atoms. The van der Waals surface area contributed by atoms with Crippen molar-refractivity contribution < 1.29 is 0 Å². The molecule has 1 atom stereocenters. The Labute approximate surface area is 305 Å². The van der Waals surface area contributed by atoms with Crippen molar-refractivity contribution in [1.29, 1.82) is 0 Å². The largest absolute Gasteiger partial charge is 0.334 e. The van der Waals surface area contributed by atoms with Gasteiger partial charge in [-0.3, -0.25) is 0 Å². The maximum atomic E-state index is 2.43. The number of hydrogen-bond acceptors (Lipinski definition) is 2. The first-order valence-corrected chi connectivity index (χ1v) is 18.0. The summed E-state index contributed by atoms with van der Waals surface area (Å²) in [5.74, 6) is 0. The predicted molar refractivity (Wildman–Crippen MR) is 222 cm³/mol. The monoisotopic (exact) mass is 666 g/mol. The van der Waals surface area contributed by atoms with E-state index in [1.54, 1.807) is 0 Å². The molecule has 0 radical (unpaired) electrons. The fourth-order valence-corrected chi connectivity index (χ4v) is 7.45. The van der Waals surface area contributed by atoms with Gasteiger partial charge in [-0.15, -0.1) is 0 Å². The van der Waals surface area contributed by atoms with Crippen molar-refractivity contribution in [1.82, 2.24) is 0 Å². The van der Waals surface area contributed by atoms with E-state index in [1.165, 1.54) is 55.2 Å². The highest BCUT2D eigenvalue weighted by Gasteiger charge is 2.19. The van der Waals surface area contributed by atoms with Crippen LogP contribution in [0, 0.1) is 0 Å². The van der Waals surface area contributed by atoms with Crippen LogP contribution in [0.4, 0.5) is 28.4 Å². The van der Waals surface area contributed by atoms with Gasteiger partial charge in [0.25, 0.3) is 0 Å². The van der Waals surface area contributed by atoms with Crippen LogP contribution >= 0.6 is 0 Å². The van der Waals surface area contributed by atoms with E-state index in [0.29, 0.717) is 0 Å². The lowest BCUT2D eigenvalue weighted by molar-refractivity contribution is 0.785. The number of nitrogens with zero attached hydrogens (tertiary/aromatic N) is 2. The van der Waals surface area contributed by atoms with Crippen molar-refractivity contribution in [2.75, 3.05) is 9.80 Å². The molecule has 9 rings (SSSR count). The highest BCUT2D eigenvalue weighted by Crippen LogP contribution is 2.39. The smallest absolute Gasteiger partial charge is 0.0559 e. The summed E-state index contributed by atoms with van der Waals surface area (Å²) < 4.78 is 0. The Bertz CT molecular complexity index is 2540. The molecule has 0 saturated heterocycles. The summed E-state index contributed by atoms with van der Waals surface area (Å²) in [6, 6.07) is 68.4. The second kappa shape index (κ2) is 13.9. The van der Waals surface area contributed by atoms with Gasteiger partial charge in [-0.2, -0.15) is 0 Å². The molecule has 2 heteroatoms. The number of hydrogen-bond donors (Lipinski definition) is 0. The maximum absolute atomic E-state index is 2.43. The van der Waals surface area contributed by atoms with Crippen LogP contribution in [-0.2, 0) is 0 Å². The molecular weight excluding hydrogens is 629 g/mol. The van der Waals surface area contributed by atoms with Crippen molar-refractivity contribution >= 4 is 50.0 Å². The molecule has 8 aromatic rings. The molecule has 2 nitrogen and oxygen atoms in total. The zero-order valence-electron chi connectivity index (χ0n) is 28.9. The summed E-state index contributed by atoms with van der Waals surface area (Å²) in [6.45, 7) is 0. The fraction of sp³-hybridized carbons (Fsp3) is 0.0400. The Kier molecular flexibility index (Phi) is 8.40. The average molecular weight is 667 g/mol. The topological polar surface area (TPSA) is 6.48 Å². The van der Waals surface area contributed by atoms with Crippen LogP contribution in [0.15, 0.2) is 212 Å². The average Bonchev–Trinajstić information content (AvgIpc) is 3.22. The first kappa shape index (κ1) is 31.3. The predicted octanol–water partition coefficient (Wildman–Crippen LogP) is 13.8. The quantitative estimate of drug-likeness (QED) is 0.159. The van der Waals surface area contributed by atoms with Crippen LogP contribution < -0.4 is 9.80 Å². The van der Waals surface area contributed by atoms with E-state index in [2.05, 4.69) is 222 Å². The van der Waals surface area contributed by atoms with Gasteiger partial charge in [0, 0.05) is 28.4 Å². The van der Waals surface area contributed by atoms with Gasteiger partial charge < -0.3 is 9.80 Å². The van der Waals surface area contributed by atoms with E-state index in [1.807, 2.05) is 0 Å². The first-order valence-electron chi connectivity index (χ1n) is 18.0. The first-order chi connectivity index (χ1) is 25.8. The summed E-state index contributed by atoms with van der Waals surface area (Å²) in [7, 11) is 0. The molecule has 248 valence electrons. The zero-order chi connectivity index (χ0) is 34.7. The molecule has 0 aliphatic heterocycles. The van der Waals surface area contributed by atoms with Crippen LogP contribution in [0.1, 0.15) is 6.42 Å². The van der Waals surface area contributed by atoms with Gasteiger partial charge in [-0.25, -0.2) is 0 Å². The lowest BCUT2D eigenvalue weighted by Gasteiger charge is -2.32. The summed E-state index contributed by atoms with van der Waals surface area (Å²) in [5.41, 5.74) is 10.7. The van der Waals surface area contributed by atoms with E-state index in [0.717, 1.165) is 23.5 Å². The molecule has 0 saturated carbocycles. The molecule has 1 unspecified atom stereocenters. The highest BCUT2D eigenvalue weighted by atomic mass is 15.2. The van der Waals surface area contributed by atoms with Gasteiger partial charge >= 0.3 is 0 Å². The standard InChI is InChI=1S/C50H38N2/c1-5-13-37(14-6-1)39-21-23-43-35-49(31-27-41(43)33-39)52(47-19-11-4-12-20-47)50-32-28-42-34-40(22-24-44(42)36-50)38-25-29-48(30-26-38)51(45-15-7-2-8-16-45)46-17-9-3-10-18-46/h1-17,19-36,46H,18H2. The second-order valence-electron chi connectivity index (χ2n) is 13.4. The maximum Gasteiger partial charge on any atom is 0.0559 e. The SMILES string of the molecule is C1=CCC(N(c2ccccc2)c2ccc(-c3ccc4cc(N(c5ccccc5)c5ccc6cc(-c7ccccc7)ccc6c5)ccc4c3)cc2)C=C1. The van der Waals surface area contributed by atoms with Crippen molar-refractivity contribution in [3.05, 3.63) is 212 Å². The summed E-state index contributed by atoms with van der Waals surface area (Å²) in [5, 5.41) is 4.87. The Morgan fingerprint density at radius 2 is 0.788 bits per heavy atom. The van der Waals surface area contributed by atoms with Crippen LogP contribution in [0.25, 0.3) is 43.8 Å². The molecule has 0 fully saturated rings. The third-order valence-electron chi connectivity index (χ3n) is 10.1. The van der Waals surface area contributed by atoms with E-state index in [9.17, 15) is 0 Å². The summed E-state index contributed by atoms with van der Waals surface area (Å²) in [6.07, 6.45) is 9.81. The van der Waals surface area contributed by atoms with Gasteiger partial charge in [0.2, 0.25) is 0 Å². The lowest BCUT2D eigenvalue weighted by atomic mass is 9.99. The third-order valence-corrected chi connectivity index (χ3v) is 10.1. The van der Waals surface area contributed by atoms with Crippen LogP contribution in [0.3, 0.4) is 0 Å². The van der Waals surface area contributed by atoms with Crippen molar-refractivity contribution in [3.8, 4) is 22.3 Å². The molecule has 8 aromatic carbocycles. The number of fused-ring (bicyclic) bond motifs is 2. The van der Waals surface area contributed by atoms with Crippen LogP contribution in [0.5, 0.6) is 0 Å². The van der Waals surface area contributed by atoms with Gasteiger partial charge in [0.1, 0.15) is 0 Å². The van der Waals surface area contributed by atoms with E-state index in [-0.39, 0.29) is 6.04 Å². The van der Waals surface area contributed by atoms with Crippen molar-refractivity contribution in [2.45, 2.75) is 12.5 Å². The molecule has 0 amide bonds. The van der Waals surface area contributed by atoms with E-state index < -0.39 is 0 Å². The Balaban J connectivity index is 1.03. The third kappa shape index (κ3) is 6.27. The summed E-state index contributed by atoms with van der Waals surface area (Å²) >= 11 is 0. The molecule has 1 aliphatic rings. The van der Waals surface area contributed by atoms with E-state index in [4.69, 9.17) is 0 Å². The molecule has 1 aliphatic carbocycles. The van der Waals surface area contributed by atoms with Gasteiger partial charge in [-0.1, -0.05) is 140 Å². The van der Waals surface area contributed by atoms with Crippen LogP contribution in [0.2, 0.25) is 0 Å². The number of allylic oxidation sites excluding steroid dienone is 2. The normalized spacial score (nSPS) is 13.7. The number of rotatable bonds is 8. The van der Waals surface area contributed by atoms with Gasteiger partial charge in [0.05, 0.1) is 6.04 Å². The molecule has 0 heterocycles. The second-order valence-corrected chi connectivity index (χ2v) is 13.4. The van der Waals surface area contributed by atoms with Crippen molar-refractivity contribution in [2.24, 2.45) is 0 Å². The summed E-state index contributed by atoms with van der Waals surface area (Å²) in [4.78, 5) is 4.79. The Morgan fingerprint density at radius 3 is 1.35 bits per heavy atom. The Hall–Kier alpha value is -6.64. The molecule has 0 aromatic heterocycles. The fourth-order valence-electron chi connectivity index (χ4n) is 7.45. The zero-order valence-corrected chi connectivity index (χ0v) is 28.9. The number of para-hydroxylation sites is 2. The van der Waals surface area contributed by atoms with Gasteiger partial charge in [0.15, 0.2) is 0 Å². The lowest BCUT2D eigenvalue weighted by Crippen LogP contribution is -2.29.